The van der Waals surface area contributed by atoms with Gasteiger partial charge in [-0.2, -0.15) is 0 Å². The third-order valence-corrected chi connectivity index (χ3v) is 6.05. The van der Waals surface area contributed by atoms with Crippen LogP contribution in [-0.4, -0.2) is 32.0 Å². The van der Waals surface area contributed by atoms with E-state index in [-0.39, 0.29) is 12.6 Å². The van der Waals surface area contributed by atoms with Crippen LogP contribution in [0.15, 0.2) is 60.7 Å². The Morgan fingerprint density at radius 2 is 1.38 bits per heavy atom. The molecule has 128 valence electrons. The molecule has 0 atom stereocenters. The van der Waals surface area contributed by atoms with E-state index < -0.39 is 14.6 Å². The third kappa shape index (κ3) is 4.14. The molecule has 1 N–H and O–H groups in total. The average molecular weight is 346 g/mol. The molecule has 24 heavy (non-hydrogen) atoms. The fourth-order valence-corrected chi connectivity index (χ4v) is 2.37. The van der Waals surface area contributed by atoms with E-state index >= 15 is 0 Å². The Kier molecular flexibility index (Phi) is 5.29. The lowest BCUT2D eigenvalue weighted by Gasteiger charge is -2.27. The number of carbonyl (C=O) groups excluding carboxylic acids is 1. The van der Waals surface area contributed by atoms with Gasteiger partial charge in [0, 0.05) is 12.8 Å². The van der Waals surface area contributed by atoms with Crippen molar-refractivity contribution in [1.29, 1.82) is 0 Å². The summed E-state index contributed by atoms with van der Waals surface area (Å²) in [5.74, 6) is 0. The fraction of sp³-hybridized carbons (Fsp3) is 0.278. The quantitative estimate of drug-likeness (QED) is 0.903. The van der Waals surface area contributed by atoms with Crippen molar-refractivity contribution in [3.05, 3.63) is 60.7 Å². The molecule has 5 nitrogen and oxygen atoms in total. The van der Waals surface area contributed by atoms with E-state index in [0.717, 1.165) is 0 Å². The number of carbonyl (C=O) groups is 1. The molecule has 0 saturated carbocycles. The maximum absolute atomic E-state index is 12.7. The minimum Gasteiger partial charge on any atom is -0.336 e. The van der Waals surface area contributed by atoms with Gasteiger partial charge in [0.2, 0.25) is 0 Å². The number of para-hydroxylation sites is 2. The van der Waals surface area contributed by atoms with Crippen LogP contribution in [0.3, 0.4) is 0 Å². The number of amides is 2. The number of benzene rings is 2. The van der Waals surface area contributed by atoms with Gasteiger partial charge >= 0.3 is 6.03 Å². The Morgan fingerprint density at radius 3 is 1.75 bits per heavy atom. The van der Waals surface area contributed by atoms with Gasteiger partial charge in [0.05, 0.1) is 16.1 Å². The van der Waals surface area contributed by atoms with E-state index in [4.69, 9.17) is 0 Å². The maximum Gasteiger partial charge on any atom is 0.326 e. The molecule has 0 fully saturated rings. The summed E-state index contributed by atoms with van der Waals surface area (Å²) in [6, 6.07) is 18.1. The summed E-state index contributed by atoms with van der Waals surface area (Å²) in [7, 11) is -3.29. The molecule has 0 spiro atoms. The van der Waals surface area contributed by atoms with E-state index in [2.05, 4.69) is 5.32 Å². The third-order valence-electron chi connectivity index (χ3n) is 3.90. The summed E-state index contributed by atoms with van der Waals surface area (Å²) < 4.78 is 22.6. The lowest BCUT2D eigenvalue weighted by Crippen LogP contribution is -2.47. The highest BCUT2D eigenvalue weighted by Gasteiger charge is 2.31. The van der Waals surface area contributed by atoms with Crippen molar-refractivity contribution in [1.82, 2.24) is 5.32 Å². The summed E-state index contributed by atoms with van der Waals surface area (Å²) in [4.78, 5) is 14.3. The summed E-state index contributed by atoms with van der Waals surface area (Å²) in [5, 5.41) is 2.73. The lowest BCUT2D eigenvalue weighted by atomic mass is 10.2. The van der Waals surface area contributed by atoms with Crippen LogP contribution in [0.5, 0.6) is 0 Å². The number of urea groups is 1. The number of nitrogens with zero attached hydrogens (tertiary/aromatic N) is 1. The molecule has 2 aromatic rings. The van der Waals surface area contributed by atoms with Crippen LogP contribution in [0.2, 0.25) is 0 Å². The molecule has 2 rings (SSSR count). The molecule has 0 aliphatic rings. The van der Waals surface area contributed by atoms with Gasteiger partial charge in [-0.15, -0.1) is 0 Å². The minimum atomic E-state index is -3.29. The zero-order valence-corrected chi connectivity index (χ0v) is 14.9. The molecule has 0 radical (unpaired) electrons. The molecule has 0 unspecified atom stereocenters. The largest absolute Gasteiger partial charge is 0.336 e. The van der Waals surface area contributed by atoms with Crippen LogP contribution in [-0.2, 0) is 9.84 Å². The molecule has 0 aliphatic carbocycles. The molecular formula is C18H22N2O3S. The van der Waals surface area contributed by atoms with E-state index in [1.165, 1.54) is 11.2 Å². The molecule has 2 amide bonds. The van der Waals surface area contributed by atoms with Gasteiger partial charge in [0.1, 0.15) is 0 Å². The number of hydrogen-bond acceptors (Lipinski definition) is 3. The maximum atomic E-state index is 12.7. The molecule has 2 aromatic carbocycles. The van der Waals surface area contributed by atoms with Crippen molar-refractivity contribution in [2.75, 3.05) is 17.7 Å². The Balaban J connectivity index is 2.27. The predicted molar refractivity (Wildman–Crippen MR) is 97.3 cm³/mol. The van der Waals surface area contributed by atoms with Crippen LogP contribution in [0.4, 0.5) is 16.2 Å². The molecular weight excluding hydrogens is 324 g/mol. The fourth-order valence-electron chi connectivity index (χ4n) is 2.04. The van der Waals surface area contributed by atoms with Crippen LogP contribution < -0.4 is 10.2 Å². The second-order valence-electron chi connectivity index (χ2n) is 6.20. The highest BCUT2D eigenvalue weighted by molar-refractivity contribution is 7.92. The minimum absolute atomic E-state index is 0.0286. The summed E-state index contributed by atoms with van der Waals surface area (Å²) in [6.07, 6.45) is 1.17. The first-order valence-electron chi connectivity index (χ1n) is 7.60. The first-order chi connectivity index (χ1) is 11.2. The van der Waals surface area contributed by atoms with Crippen molar-refractivity contribution < 1.29 is 13.2 Å². The smallest absolute Gasteiger partial charge is 0.326 e. The van der Waals surface area contributed by atoms with Gasteiger partial charge in [0.25, 0.3) is 0 Å². The number of hydrogen-bond donors (Lipinski definition) is 1. The lowest BCUT2D eigenvalue weighted by molar-refractivity contribution is 0.247. The summed E-state index contributed by atoms with van der Waals surface area (Å²) >= 11 is 0. The second kappa shape index (κ2) is 7.05. The van der Waals surface area contributed by atoms with Crippen molar-refractivity contribution in [2.45, 2.75) is 18.6 Å². The van der Waals surface area contributed by atoms with E-state index in [9.17, 15) is 13.2 Å². The van der Waals surface area contributed by atoms with Crippen LogP contribution >= 0.6 is 0 Å². The number of rotatable bonds is 5. The molecule has 0 heterocycles. The van der Waals surface area contributed by atoms with Gasteiger partial charge in [0.15, 0.2) is 9.84 Å². The number of sulfone groups is 1. The van der Waals surface area contributed by atoms with Gasteiger partial charge in [-0.1, -0.05) is 36.4 Å². The van der Waals surface area contributed by atoms with E-state index in [0.29, 0.717) is 11.4 Å². The van der Waals surface area contributed by atoms with Crippen molar-refractivity contribution in [2.24, 2.45) is 0 Å². The Labute approximate surface area is 143 Å². The predicted octanol–water partition coefficient (Wildman–Crippen LogP) is 3.36. The molecule has 0 aliphatic heterocycles. The summed E-state index contributed by atoms with van der Waals surface area (Å²) in [5.41, 5.74) is 1.41. The van der Waals surface area contributed by atoms with Gasteiger partial charge in [-0.05, 0) is 38.1 Å². The van der Waals surface area contributed by atoms with Crippen LogP contribution in [0.25, 0.3) is 0 Å². The normalized spacial score (nSPS) is 11.8. The Bertz CT molecular complexity index is 748. The zero-order valence-electron chi connectivity index (χ0n) is 14.1. The average Bonchev–Trinajstić information content (AvgIpc) is 2.54. The zero-order chi connectivity index (χ0) is 17.8. The molecule has 6 heteroatoms. The molecule has 0 saturated heterocycles. The standard InChI is InChI=1S/C18H22N2O3S/c1-18(2,24(3,22)23)14-19-17(21)20(15-10-6-4-7-11-15)16-12-8-5-9-13-16/h4-13H,14H2,1-3H3,(H,19,21). The highest BCUT2D eigenvalue weighted by Crippen LogP contribution is 2.25. The summed E-state index contributed by atoms with van der Waals surface area (Å²) in [6.45, 7) is 3.22. The number of anilines is 2. The number of nitrogens with one attached hydrogen (secondary N) is 1. The SMILES string of the molecule is CC(C)(CNC(=O)N(c1ccccc1)c1ccccc1)S(C)(=O)=O. The van der Waals surface area contributed by atoms with Crippen molar-refractivity contribution in [3.8, 4) is 0 Å². The van der Waals surface area contributed by atoms with Gasteiger partial charge in [-0.25, -0.2) is 13.2 Å². The van der Waals surface area contributed by atoms with Gasteiger partial charge < -0.3 is 5.32 Å². The topological polar surface area (TPSA) is 66.5 Å². The Morgan fingerprint density at radius 1 is 0.958 bits per heavy atom. The second-order valence-corrected chi connectivity index (χ2v) is 8.85. The van der Waals surface area contributed by atoms with Crippen molar-refractivity contribution >= 4 is 27.2 Å². The monoisotopic (exact) mass is 346 g/mol. The highest BCUT2D eigenvalue weighted by atomic mass is 32.2. The first kappa shape index (κ1) is 18.0. The van der Waals surface area contributed by atoms with Crippen LogP contribution in [0.1, 0.15) is 13.8 Å². The first-order valence-corrected chi connectivity index (χ1v) is 9.49. The van der Waals surface area contributed by atoms with Crippen LogP contribution in [0, 0.1) is 0 Å². The van der Waals surface area contributed by atoms with Crippen molar-refractivity contribution in [3.63, 3.8) is 0 Å². The van der Waals surface area contributed by atoms with Gasteiger partial charge in [-0.3, -0.25) is 4.90 Å². The Hall–Kier alpha value is -2.34. The van der Waals surface area contributed by atoms with E-state index in [1.54, 1.807) is 13.8 Å². The molecule has 0 bridgehead atoms. The molecule has 0 aromatic heterocycles. The van der Waals surface area contributed by atoms with E-state index in [1.807, 2.05) is 60.7 Å².